The second kappa shape index (κ2) is 4.84. The quantitative estimate of drug-likeness (QED) is 0.737. The maximum atomic E-state index is 9.75. The first-order chi connectivity index (χ1) is 6.97. The second-order valence-corrected chi connectivity index (χ2v) is 4.15. The van der Waals surface area contributed by atoms with E-state index in [0.29, 0.717) is 17.0 Å². The van der Waals surface area contributed by atoms with Crippen molar-refractivity contribution in [2.24, 2.45) is 5.73 Å². The second-order valence-electron chi connectivity index (χ2n) is 3.78. The smallest absolute Gasteiger partial charge is 0.119 e. The monoisotopic (exact) mass is 229 g/mol. The van der Waals surface area contributed by atoms with Gasteiger partial charge in [-0.25, -0.2) is 0 Å². The van der Waals surface area contributed by atoms with Crippen molar-refractivity contribution in [3.8, 4) is 5.75 Å². The molecule has 0 aliphatic carbocycles. The van der Waals surface area contributed by atoms with E-state index in [1.54, 1.807) is 6.07 Å². The number of halogens is 1. The van der Waals surface area contributed by atoms with E-state index in [0.717, 1.165) is 11.1 Å². The molecule has 1 aromatic rings. The standard InChI is InChI=1S/C11H16ClNO2/c1-6-3-10(15)9(4-8(13)5-14)7(2)11(6)12/h3,8,14-15H,4-5,13H2,1-2H3. The Hall–Kier alpha value is -0.770. The Morgan fingerprint density at radius 1 is 1.47 bits per heavy atom. The Bertz CT molecular complexity index is 366. The summed E-state index contributed by atoms with van der Waals surface area (Å²) in [5, 5.41) is 19.3. The molecule has 3 nitrogen and oxygen atoms in total. The molecule has 4 heteroatoms. The molecule has 0 radical (unpaired) electrons. The van der Waals surface area contributed by atoms with Crippen molar-refractivity contribution in [2.75, 3.05) is 6.61 Å². The van der Waals surface area contributed by atoms with Crippen molar-refractivity contribution in [3.63, 3.8) is 0 Å². The number of aliphatic hydroxyl groups is 1. The van der Waals surface area contributed by atoms with Gasteiger partial charge in [0.25, 0.3) is 0 Å². The average molecular weight is 230 g/mol. The van der Waals surface area contributed by atoms with E-state index >= 15 is 0 Å². The van der Waals surface area contributed by atoms with Gasteiger partial charge in [0.15, 0.2) is 0 Å². The van der Waals surface area contributed by atoms with E-state index < -0.39 is 0 Å². The van der Waals surface area contributed by atoms with Gasteiger partial charge in [-0.2, -0.15) is 0 Å². The number of hydrogen-bond donors (Lipinski definition) is 3. The van der Waals surface area contributed by atoms with Crippen LogP contribution in [0.1, 0.15) is 16.7 Å². The Balaban J connectivity index is 3.12. The van der Waals surface area contributed by atoms with Gasteiger partial charge in [-0.15, -0.1) is 0 Å². The minimum Gasteiger partial charge on any atom is -0.508 e. The van der Waals surface area contributed by atoms with Crippen LogP contribution in [0.2, 0.25) is 5.02 Å². The highest BCUT2D eigenvalue weighted by Crippen LogP contribution is 2.31. The molecular formula is C11H16ClNO2. The van der Waals surface area contributed by atoms with Gasteiger partial charge in [0.1, 0.15) is 5.75 Å². The molecule has 84 valence electrons. The maximum absolute atomic E-state index is 9.75. The summed E-state index contributed by atoms with van der Waals surface area (Å²) in [7, 11) is 0. The van der Waals surface area contributed by atoms with E-state index in [1.165, 1.54) is 0 Å². The fourth-order valence-corrected chi connectivity index (χ4v) is 1.73. The van der Waals surface area contributed by atoms with E-state index in [2.05, 4.69) is 0 Å². The van der Waals surface area contributed by atoms with Crippen LogP contribution >= 0.6 is 11.6 Å². The third-order valence-corrected chi connectivity index (χ3v) is 3.07. The first-order valence-electron chi connectivity index (χ1n) is 4.81. The van der Waals surface area contributed by atoms with Crippen LogP contribution in [0, 0.1) is 13.8 Å². The average Bonchev–Trinajstić information content (AvgIpc) is 2.21. The summed E-state index contributed by atoms with van der Waals surface area (Å²) < 4.78 is 0. The van der Waals surface area contributed by atoms with Crippen molar-refractivity contribution in [1.82, 2.24) is 0 Å². The zero-order valence-electron chi connectivity index (χ0n) is 8.92. The summed E-state index contributed by atoms with van der Waals surface area (Å²) in [5.74, 6) is 0.193. The maximum Gasteiger partial charge on any atom is 0.119 e. The van der Waals surface area contributed by atoms with E-state index in [4.69, 9.17) is 22.4 Å². The molecule has 1 unspecified atom stereocenters. The number of phenols is 1. The van der Waals surface area contributed by atoms with Crippen LogP contribution in [-0.4, -0.2) is 22.9 Å². The van der Waals surface area contributed by atoms with Crippen molar-refractivity contribution in [2.45, 2.75) is 26.3 Å². The summed E-state index contributed by atoms with van der Waals surface area (Å²) in [6, 6.07) is 1.25. The van der Waals surface area contributed by atoms with Gasteiger partial charge < -0.3 is 15.9 Å². The molecule has 0 heterocycles. The summed E-state index contributed by atoms with van der Waals surface area (Å²) in [6.07, 6.45) is 0.425. The van der Waals surface area contributed by atoms with Crippen LogP contribution in [0.3, 0.4) is 0 Å². The number of phenolic OH excluding ortho intramolecular Hbond substituents is 1. The van der Waals surface area contributed by atoms with Gasteiger partial charge in [0.05, 0.1) is 6.61 Å². The third-order valence-electron chi connectivity index (χ3n) is 2.49. The molecule has 4 N–H and O–H groups in total. The summed E-state index contributed by atoms with van der Waals surface area (Å²) in [5.41, 5.74) is 8.01. The summed E-state index contributed by atoms with van der Waals surface area (Å²) >= 11 is 6.07. The number of nitrogens with two attached hydrogens (primary N) is 1. The number of hydrogen-bond acceptors (Lipinski definition) is 3. The Labute approximate surface area is 94.5 Å². The number of benzene rings is 1. The first-order valence-corrected chi connectivity index (χ1v) is 5.19. The minimum atomic E-state index is -0.367. The normalized spacial score (nSPS) is 12.9. The molecule has 1 aromatic carbocycles. The fourth-order valence-electron chi connectivity index (χ4n) is 1.56. The van der Waals surface area contributed by atoms with Crippen molar-refractivity contribution in [3.05, 3.63) is 27.8 Å². The van der Waals surface area contributed by atoms with Gasteiger partial charge in [0.2, 0.25) is 0 Å². The van der Waals surface area contributed by atoms with E-state index in [1.807, 2.05) is 13.8 Å². The molecule has 0 saturated carbocycles. The van der Waals surface area contributed by atoms with Crippen LogP contribution in [0.4, 0.5) is 0 Å². The number of aryl methyl sites for hydroxylation is 1. The molecule has 0 aliphatic rings. The highest BCUT2D eigenvalue weighted by molar-refractivity contribution is 6.32. The molecule has 0 amide bonds. The van der Waals surface area contributed by atoms with Crippen LogP contribution < -0.4 is 5.73 Å². The lowest BCUT2D eigenvalue weighted by Gasteiger charge is -2.15. The molecule has 0 bridgehead atoms. The van der Waals surface area contributed by atoms with Crippen molar-refractivity contribution < 1.29 is 10.2 Å². The zero-order valence-corrected chi connectivity index (χ0v) is 9.67. The summed E-state index contributed by atoms with van der Waals surface area (Å²) in [4.78, 5) is 0. The molecule has 1 rings (SSSR count). The molecular weight excluding hydrogens is 214 g/mol. The van der Waals surface area contributed by atoms with Gasteiger partial charge in [-0.1, -0.05) is 11.6 Å². The van der Waals surface area contributed by atoms with Crippen LogP contribution in [-0.2, 0) is 6.42 Å². The van der Waals surface area contributed by atoms with Crippen LogP contribution in [0.5, 0.6) is 5.75 Å². The lowest BCUT2D eigenvalue weighted by molar-refractivity contribution is 0.264. The Kier molecular flexibility index (Phi) is 3.97. The molecule has 0 spiro atoms. The van der Waals surface area contributed by atoms with Crippen LogP contribution in [0.25, 0.3) is 0 Å². The topological polar surface area (TPSA) is 66.5 Å². The Morgan fingerprint density at radius 2 is 2.07 bits per heavy atom. The molecule has 1 atom stereocenters. The fraction of sp³-hybridized carbons (Fsp3) is 0.455. The predicted molar refractivity (Wildman–Crippen MR) is 61.4 cm³/mol. The molecule has 0 aliphatic heterocycles. The third kappa shape index (κ3) is 2.62. The van der Waals surface area contributed by atoms with Gasteiger partial charge in [-0.3, -0.25) is 0 Å². The molecule has 0 fully saturated rings. The van der Waals surface area contributed by atoms with Gasteiger partial charge in [-0.05, 0) is 43.0 Å². The lowest BCUT2D eigenvalue weighted by atomic mass is 9.98. The van der Waals surface area contributed by atoms with Crippen LogP contribution in [0.15, 0.2) is 6.07 Å². The largest absolute Gasteiger partial charge is 0.508 e. The highest BCUT2D eigenvalue weighted by atomic mass is 35.5. The summed E-state index contributed by atoms with van der Waals surface area (Å²) in [6.45, 7) is 3.57. The minimum absolute atomic E-state index is 0.107. The number of aliphatic hydroxyl groups excluding tert-OH is 1. The SMILES string of the molecule is Cc1cc(O)c(CC(N)CO)c(C)c1Cl. The number of rotatable bonds is 3. The molecule has 0 aromatic heterocycles. The molecule has 0 saturated heterocycles. The van der Waals surface area contributed by atoms with Gasteiger partial charge in [0, 0.05) is 11.1 Å². The van der Waals surface area contributed by atoms with E-state index in [-0.39, 0.29) is 18.4 Å². The Morgan fingerprint density at radius 3 is 2.60 bits per heavy atom. The predicted octanol–water partition coefficient (Wildman–Crippen LogP) is 1.52. The highest BCUT2D eigenvalue weighted by Gasteiger charge is 2.13. The zero-order chi connectivity index (χ0) is 11.6. The first kappa shape index (κ1) is 12.3. The van der Waals surface area contributed by atoms with Crippen molar-refractivity contribution in [1.29, 1.82) is 0 Å². The molecule has 15 heavy (non-hydrogen) atoms. The van der Waals surface area contributed by atoms with Gasteiger partial charge >= 0.3 is 0 Å². The van der Waals surface area contributed by atoms with Crippen molar-refractivity contribution >= 4 is 11.6 Å². The number of aromatic hydroxyl groups is 1. The van der Waals surface area contributed by atoms with E-state index in [9.17, 15) is 5.11 Å². The lowest BCUT2D eigenvalue weighted by Crippen LogP contribution is -2.27.